The number of carbonyl (C=O) groups excluding carboxylic acids is 2. The van der Waals surface area contributed by atoms with Crippen LogP contribution in [0.5, 0.6) is 11.5 Å². The molecule has 9 rings (SSSR count). The van der Waals surface area contributed by atoms with Gasteiger partial charge >= 0.3 is 0 Å². The number of nitrogens with one attached hydrogen (secondary N) is 3. The molecule has 1 spiro atoms. The number of H-pyrrole nitrogens is 1. The normalized spacial score (nSPS) is 18.7. The molecule has 5 heterocycles. The van der Waals surface area contributed by atoms with Crippen LogP contribution in [0.1, 0.15) is 78.9 Å². The molecule has 1 unspecified atom stereocenters. The molecule has 2 amide bonds. The second-order valence-electron chi connectivity index (χ2n) is 16.7. The molecule has 2 aromatic heterocycles. The third-order valence-corrected chi connectivity index (χ3v) is 13.4. The molecule has 13 nitrogen and oxygen atoms in total. The molecule has 3 aliphatic heterocycles. The molecule has 0 radical (unpaired) electrons. The Bertz CT molecular complexity index is 2320. The lowest BCUT2D eigenvalue weighted by Gasteiger charge is -2.56. The van der Waals surface area contributed by atoms with Crippen LogP contribution in [-0.4, -0.2) is 83.5 Å². The van der Waals surface area contributed by atoms with Crippen molar-refractivity contribution in [1.82, 2.24) is 14.9 Å². The summed E-state index contributed by atoms with van der Waals surface area (Å²) in [5.74, 6) is 1.82. The molecular formula is C47H58ClN7O6S. The van der Waals surface area contributed by atoms with E-state index in [1.165, 1.54) is 5.56 Å². The number of β-lactam (4-membered cyclic amide) rings is 1. The van der Waals surface area contributed by atoms with Crippen LogP contribution in [0.25, 0.3) is 11.0 Å². The molecular weight excluding hydrogens is 826 g/mol. The summed E-state index contributed by atoms with van der Waals surface area (Å²) in [7, 11) is 1.00. The lowest BCUT2D eigenvalue weighted by atomic mass is 9.65. The first-order valence-corrected chi connectivity index (χ1v) is 22.3. The fraction of sp³-hybridized carbons (Fsp3) is 0.426. The van der Waals surface area contributed by atoms with Crippen LogP contribution in [0.4, 0.5) is 17.1 Å². The first kappa shape index (κ1) is 45.0. The van der Waals surface area contributed by atoms with Gasteiger partial charge in [-0.3, -0.25) is 20.3 Å². The largest absolute Gasteiger partial charge is 0.455 e. The highest BCUT2D eigenvalue weighted by atomic mass is 35.5. The number of rotatable bonds is 11. The van der Waals surface area contributed by atoms with Gasteiger partial charge in [0.15, 0.2) is 0 Å². The molecule has 15 heteroatoms. The highest BCUT2D eigenvalue weighted by Gasteiger charge is 2.61. The number of hydrogen-bond donors (Lipinski definition) is 7. The Morgan fingerprint density at radius 1 is 1.00 bits per heavy atom. The second-order valence-corrected chi connectivity index (χ2v) is 17.6. The van der Waals surface area contributed by atoms with Crippen molar-refractivity contribution in [2.75, 3.05) is 62.2 Å². The van der Waals surface area contributed by atoms with Crippen molar-refractivity contribution in [2.24, 2.45) is 23.0 Å². The Morgan fingerprint density at radius 2 is 1.76 bits per heavy atom. The van der Waals surface area contributed by atoms with Gasteiger partial charge in [-0.15, -0.1) is 12.6 Å². The first-order chi connectivity index (χ1) is 30.1. The predicted molar refractivity (Wildman–Crippen MR) is 247 cm³/mol. The molecule has 5 aromatic rings. The van der Waals surface area contributed by atoms with Gasteiger partial charge in [0.25, 0.3) is 5.91 Å². The maximum atomic E-state index is 13.7. The molecule has 62 heavy (non-hydrogen) atoms. The Morgan fingerprint density at radius 3 is 2.47 bits per heavy atom. The number of halogens is 1. The Kier molecular flexibility index (Phi) is 14.9. The zero-order valence-corrected chi connectivity index (χ0v) is 37.1. The van der Waals surface area contributed by atoms with Crippen LogP contribution >= 0.6 is 24.2 Å². The molecule has 3 saturated heterocycles. The highest BCUT2D eigenvalue weighted by Crippen LogP contribution is 2.60. The summed E-state index contributed by atoms with van der Waals surface area (Å²) < 4.78 is 11.5. The van der Waals surface area contributed by atoms with Gasteiger partial charge in [-0.05, 0) is 123 Å². The number of piperidine rings is 1. The van der Waals surface area contributed by atoms with Crippen molar-refractivity contribution in [3.63, 3.8) is 0 Å². The van der Waals surface area contributed by atoms with Crippen LogP contribution < -0.4 is 26.2 Å². The summed E-state index contributed by atoms with van der Waals surface area (Å²) >= 11 is 10.5. The number of pyridine rings is 1. The van der Waals surface area contributed by atoms with Crippen LogP contribution in [0, 0.1) is 24.2 Å². The number of primary amides is 1. The standard InChI is InChI=1S/C34H36ClN5O3.C12H18N2O2S.CH4O/c1-21-16-24(35)4-6-27(21)30-34(11-2-3-12-34)33(42)40(30)20-22-9-14-39(15-10-22)25-5-7-28(31(36)41)29(18-25)43-26-17-23-8-13-37-32(23)38-19-26;15-14-12-7-10(17)1-2-11(12)13-8-9-3-5-16-6-4-9;1-2/h4-8,13,16-19,22,30H,2-3,9-12,14-15,20H2,1H3,(H2,36,41)(H,37,38);1-2,7,9,13-15,17H,3-6,8H2;2H,1H3. The van der Waals surface area contributed by atoms with Crippen LogP contribution in [-0.2, 0) is 9.53 Å². The molecule has 4 aliphatic rings. The van der Waals surface area contributed by atoms with Gasteiger partial charge in [-0.2, -0.15) is 0 Å². The molecule has 1 atom stereocenters. The van der Waals surface area contributed by atoms with Gasteiger partial charge in [0.2, 0.25) is 5.91 Å². The van der Waals surface area contributed by atoms with Crippen LogP contribution in [0.15, 0.2) is 84.0 Å². The number of nitrogens with two attached hydrogens (primary N) is 1. The number of anilines is 3. The topological polar surface area (TPSA) is 178 Å². The fourth-order valence-electron chi connectivity index (χ4n) is 9.58. The number of carbonyl (C=O) groups is 2. The molecule has 330 valence electrons. The number of aryl methyl sites for hydroxylation is 1. The molecule has 1 saturated carbocycles. The van der Waals surface area contributed by atoms with E-state index in [4.69, 9.17) is 37.1 Å². The van der Waals surface area contributed by atoms with E-state index in [-0.39, 0.29) is 11.5 Å². The van der Waals surface area contributed by atoms with E-state index in [9.17, 15) is 9.59 Å². The summed E-state index contributed by atoms with van der Waals surface area (Å²) in [6, 6.07) is 21.2. The van der Waals surface area contributed by atoms with Gasteiger partial charge in [0.05, 0.1) is 34.6 Å². The number of aliphatic hydroxyl groups excluding tert-OH is 1. The van der Waals surface area contributed by atoms with Crippen molar-refractivity contribution >= 4 is 64.1 Å². The summed E-state index contributed by atoms with van der Waals surface area (Å²) in [6.07, 6.45) is 11.8. The number of aromatic amines is 1. The van der Waals surface area contributed by atoms with Crippen molar-refractivity contribution in [2.45, 2.75) is 69.2 Å². The third kappa shape index (κ3) is 9.95. The SMILES string of the molecule is CO.Cc1cc(Cl)ccc1C1N(CC2CCN(c3ccc(C(N)=O)c(Oc4cnc5[nH]ccc5c4)c3)CC2)C(=O)C12CCCC2.ONc1cc(S)ccc1NCC1CCOCC1. The van der Waals surface area contributed by atoms with Crippen molar-refractivity contribution < 1.29 is 29.4 Å². The predicted octanol–water partition coefficient (Wildman–Crippen LogP) is 9.00. The van der Waals surface area contributed by atoms with Crippen LogP contribution in [0.2, 0.25) is 5.02 Å². The van der Waals surface area contributed by atoms with Gasteiger partial charge in [-0.1, -0.05) is 30.5 Å². The lowest BCUT2D eigenvalue weighted by Crippen LogP contribution is -2.63. The molecule has 0 bridgehead atoms. The van der Waals surface area contributed by atoms with E-state index in [0.29, 0.717) is 40.5 Å². The minimum atomic E-state index is -0.541. The minimum Gasteiger partial charge on any atom is -0.455 e. The smallest absolute Gasteiger partial charge is 0.252 e. The zero-order valence-electron chi connectivity index (χ0n) is 35.4. The number of hydrogen-bond acceptors (Lipinski definition) is 11. The number of thiol groups is 1. The Balaban J connectivity index is 0.000000255. The number of benzene rings is 3. The lowest BCUT2D eigenvalue weighted by molar-refractivity contribution is -0.174. The van der Waals surface area contributed by atoms with Gasteiger partial charge in [-0.25, -0.2) is 4.98 Å². The van der Waals surface area contributed by atoms with Crippen LogP contribution in [0.3, 0.4) is 0 Å². The van der Waals surface area contributed by atoms with Gasteiger partial charge in [0, 0.05) is 79.8 Å². The summed E-state index contributed by atoms with van der Waals surface area (Å²) in [6.45, 7) is 7.22. The van der Waals surface area contributed by atoms with Crippen molar-refractivity contribution in [3.05, 3.63) is 101 Å². The molecule has 1 aliphatic carbocycles. The maximum Gasteiger partial charge on any atom is 0.252 e. The number of nitrogens with zero attached hydrogens (tertiary/aromatic N) is 3. The average molecular weight is 885 g/mol. The molecule has 4 fully saturated rings. The molecule has 3 aromatic carbocycles. The van der Waals surface area contributed by atoms with E-state index in [0.717, 1.165) is 136 Å². The number of fused-ring (bicyclic) bond motifs is 1. The van der Waals surface area contributed by atoms with E-state index < -0.39 is 5.91 Å². The number of ether oxygens (including phenoxy) is 2. The van der Waals surface area contributed by atoms with E-state index in [2.05, 4.69) is 56.2 Å². The van der Waals surface area contributed by atoms with Crippen molar-refractivity contribution in [3.8, 4) is 11.5 Å². The quantitative estimate of drug-likeness (QED) is 0.0385. The highest BCUT2D eigenvalue weighted by molar-refractivity contribution is 7.80. The zero-order chi connectivity index (χ0) is 43.8. The fourth-order valence-corrected chi connectivity index (χ4v) is 10.0. The maximum absolute atomic E-state index is 13.7. The summed E-state index contributed by atoms with van der Waals surface area (Å²) in [5, 5.41) is 21.0. The first-order valence-electron chi connectivity index (χ1n) is 21.5. The summed E-state index contributed by atoms with van der Waals surface area (Å²) in [5.41, 5.74) is 13.7. The Hall–Kier alpha value is -4.99. The van der Waals surface area contributed by atoms with E-state index in [1.807, 2.05) is 54.7 Å². The van der Waals surface area contributed by atoms with Gasteiger partial charge < -0.3 is 40.4 Å². The number of amides is 2. The van der Waals surface area contributed by atoms with E-state index in [1.54, 1.807) is 18.3 Å². The average Bonchev–Trinajstić information content (AvgIpc) is 4.00. The number of aromatic nitrogens is 2. The van der Waals surface area contributed by atoms with E-state index >= 15 is 0 Å². The van der Waals surface area contributed by atoms with Gasteiger partial charge in [0.1, 0.15) is 17.1 Å². The second kappa shape index (κ2) is 20.5. The number of aliphatic hydroxyl groups is 1. The Labute approximate surface area is 373 Å². The van der Waals surface area contributed by atoms with Crippen molar-refractivity contribution in [1.29, 1.82) is 0 Å². The monoisotopic (exact) mass is 883 g/mol. The molecule has 7 N–H and O–H groups in total. The summed E-state index contributed by atoms with van der Waals surface area (Å²) in [4.78, 5) is 38.6. The minimum absolute atomic E-state index is 0.138. The third-order valence-electron chi connectivity index (χ3n) is 12.9. The number of likely N-dealkylation sites (tertiary alicyclic amines) is 1.